The molecule has 19 heavy (non-hydrogen) atoms. The summed E-state index contributed by atoms with van der Waals surface area (Å²) in [5.74, 6) is 0.189. The van der Waals surface area contributed by atoms with Crippen molar-refractivity contribution in [3.63, 3.8) is 0 Å². The SMILES string of the molecule is C[C@H]1O[C@@H](n2ccc(N)nc2=O)C[C@@H](N(C)C)[C@@H]1O. The van der Waals surface area contributed by atoms with Crippen molar-refractivity contribution in [2.45, 2.75) is 37.8 Å². The van der Waals surface area contributed by atoms with Crippen LogP contribution in [0.4, 0.5) is 5.82 Å². The van der Waals surface area contributed by atoms with E-state index in [0.717, 1.165) is 0 Å². The van der Waals surface area contributed by atoms with Crippen molar-refractivity contribution in [1.29, 1.82) is 0 Å². The number of likely N-dealkylation sites (N-methyl/N-ethyl adjacent to an activating group) is 1. The molecule has 1 saturated heterocycles. The molecule has 0 aliphatic carbocycles. The van der Waals surface area contributed by atoms with Crippen LogP contribution in [0, 0.1) is 0 Å². The van der Waals surface area contributed by atoms with E-state index in [1.165, 1.54) is 4.57 Å². The van der Waals surface area contributed by atoms with Gasteiger partial charge in [-0.1, -0.05) is 0 Å². The zero-order chi connectivity index (χ0) is 14.2. The van der Waals surface area contributed by atoms with Crippen LogP contribution in [-0.2, 0) is 4.74 Å². The molecular formula is C12H20N4O3. The zero-order valence-corrected chi connectivity index (χ0v) is 11.4. The number of hydrogen-bond acceptors (Lipinski definition) is 6. The third kappa shape index (κ3) is 2.78. The summed E-state index contributed by atoms with van der Waals surface area (Å²) in [6.45, 7) is 1.79. The quantitative estimate of drug-likeness (QED) is 0.745. The van der Waals surface area contributed by atoms with E-state index in [-0.39, 0.29) is 18.0 Å². The Labute approximate surface area is 111 Å². The summed E-state index contributed by atoms with van der Waals surface area (Å²) in [7, 11) is 3.79. The van der Waals surface area contributed by atoms with Crippen LogP contribution < -0.4 is 11.4 Å². The molecule has 1 aliphatic rings. The summed E-state index contributed by atoms with van der Waals surface area (Å²) < 4.78 is 7.10. The second-order valence-electron chi connectivity index (χ2n) is 5.10. The zero-order valence-electron chi connectivity index (χ0n) is 11.4. The van der Waals surface area contributed by atoms with Gasteiger partial charge >= 0.3 is 5.69 Å². The monoisotopic (exact) mass is 268 g/mol. The highest BCUT2D eigenvalue weighted by atomic mass is 16.5. The highest BCUT2D eigenvalue weighted by molar-refractivity contribution is 5.23. The Balaban J connectivity index is 2.28. The van der Waals surface area contributed by atoms with Gasteiger partial charge in [-0.2, -0.15) is 4.98 Å². The molecular weight excluding hydrogens is 248 g/mol. The number of aromatic nitrogens is 2. The van der Waals surface area contributed by atoms with Gasteiger partial charge in [0.25, 0.3) is 0 Å². The van der Waals surface area contributed by atoms with Crippen molar-refractivity contribution in [3.05, 3.63) is 22.7 Å². The number of nitrogens with zero attached hydrogens (tertiary/aromatic N) is 3. The molecule has 0 radical (unpaired) electrons. The second-order valence-corrected chi connectivity index (χ2v) is 5.10. The van der Waals surface area contributed by atoms with Crippen molar-refractivity contribution in [1.82, 2.24) is 14.5 Å². The Morgan fingerprint density at radius 1 is 1.58 bits per heavy atom. The highest BCUT2D eigenvalue weighted by Gasteiger charge is 2.37. The van der Waals surface area contributed by atoms with E-state index >= 15 is 0 Å². The van der Waals surface area contributed by atoms with E-state index in [2.05, 4.69) is 4.98 Å². The first-order chi connectivity index (χ1) is 8.90. The maximum absolute atomic E-state index is 11.8. The topological polar surface area (TPSA) is 93.6 Å². The molecule has 0 amide bonds. The third-order valence-corrected chi connectivity index (χ3v) is 3.52. The first-order valence-electron chi connectivity index (χ1n) is 6.24. The lowest BCUT2D eigenvalue weighted by molar-refractivity contribution is -0.166. The number of nitrogens with two attached hydrogens (primary N) is 1. The maximum atomic E-state index is 11.8. The Morgan fingerprint density at radius 2 is 2.26 bits per heavy atom. The molecule has 7 nitrogen and oxygen atoms in total. The summed E-state index contributed by atoms with van der Waals surface area (Å²) in [6, 6.07) is 1.49. The molecule has 2 heterocycles. The van der Waals surface area contributed by atoms with Gasteiger partial charge in [0, 0.05) is 18.7 Å². The van der Waals surface area contributed by atoms with Crippen molar-refractivity contribution < 1.29 is 9.84 Å². The number of aliphatic hydroxyl groups is 1. The summed E-state index contributed by atoms with van der Waals surface area (Å²) in [5.41, 5.74) is 5.03. The Kier molecular flexibility index (Phi) is 3.88. The molecule has 1 aromatic rings. The van der Waals surface area contributed by atoms with Crippen LogP contribution in [-0.4, -0.2) is 51.9 Å². The van der Waals surface area contributed by atoms with E-state index in [9.17, 15) is 9.90 Å². The Morgan fingerprint density at radius 3 is 2.84 bits per heavy atom. The standard InChI is InChI=1S/C12H20N4O3/c1-7-11(17)8(15(2)3)6-10(19-7)16-5-4-9(13)14-12(16)18/h4-5,7-8,10-11,17H,6H2,1-3H3,(H2,13,14,18)/t7-,8-,10-,11-/m1/s1. The lowest BCUT2D eigenvalue weighted by Crippen LogP contribution is -2.52. The average molecular weight is 268 g/mol. The van der Waals surface area contributed by atoms with Gasteiger partial charge in [-0.25, -0.2) is 4.79 Å². The predicted octanol–water partition coefficient (Wildman–Crippen LogP) is -0.576. The molecule has 0 saturated carbocycles. The van der Waals surface area contributed by atoms with Crippen LogP contribution in [0.3, 0.4) is 0 Å². The first kappa shape index (κ1) is 14.0. The molecule has 0 bridgehead atoms. The van der Waals surface area contributed by atoms with Crippen LogP contribution in [0.25, 0.3) is 0 Å². The van der Waals surface area contributed by atoms with E-state index < -0.39 is 18.0 Å². The van der Waals surface area contributed by atoms with Gasteiger partial charge < -0.3 is 20.5 Å². The van der Waals surface area contributed by atoms with Gasteiger partial charge in [-0.05, 0) is 27.1 Å². The first-order valence-corrected chi connectivity index (χ1v) is 6.24. The smallest absolute Gasteiger partial charge is 0.351 e. The molecule has 0 aromatic carbocycles. The number of anilines is 1. The molecule has 1 aliphatic heterocycles. The molecule has 0 spiro atoms. The summed E-state index contributed by atoms with van der Waals surface area (Å²) in [5, 5.41) is 10.1. The maximum Gasteiger partial charge on any atom is 0.351 e. The number of nitrogen functional groups attached to an aromatic ring is 1. The van der Waals surface area contributed by atoms with E-state index in [4.69, 9.17) is 10.5 Å². The van der Waals surface area contributed by atoms with Crippen molar-refractivity contribution in [2.24, 2.45) is 0 Å². The van der Waals surface area contributed by atoms with E-state index in [1.54, 1.807) is 19.2 Å². The van der Waals surface area contributed by atoms with Gasteiger partial charge in [-0.15, -0.1) is 0 Å². The van der Waals surface area contributed by atoms with E-state index in [1.807, 2.05) is 19.0 Å². The Bertz CT molecular complexity index is 502. The minimum Gasteiger partial charge on any atom is -0.389 e. The van der Waals surface area contributed by atoms with Gasteiger partial charge in [0.15, 0.2) is 0 Å². The molecule has 1 aromatic heterocycles. The fourth-order valence-electron chi connectivity index (χ4n) is 2.38. The molecule has 1 fully saturated rings. The van der Waals surface area contributed by atoms with Gasteiger partial charge in [0.1, 0.15) is 12.0 Å². The average Bonchev–Trinajstić information content (AvgIpc) is 2.32. The highest BCUT2D eigenvalue weighted by Crippen LogP contribution is 2.28. The van der Waals surface area contributed by atoms with Gasteiger partial charge in [-0.3, -0.25) is 4.57 Å². The molecule has 3 N–H and O–H groups in total. The fourth-order valence-corrected chi connectivity index (χ4v) is 2.38. The van der Waals surface area contributed by atoms with Crippen LogP contribution in [0.1, 0.15) is 19.6 Å². The predicted molar refractivity (Wildman–Crippen MR) is 70.6 cm³/mol. The number of aliphatic hydroxyl groups excluding tert-OH is 1. The largest absolute Gasteiger partial charge is 0.389 e. The molecule has 0 unspecified atom stereocenters. The third-order valence-electron chi connectivity index (χ3n) is 3.52. The summed E-state index contributed by atoms with van der Waals surface area (Å²) in [6.07, 6.45) is 0.724. The normalized spacial score (nSPS) is 31.6. The van der Waals surface area contributed by atoms with Crippen molar-refractivity contribution in [2.75, 3.05) is 19.8 Å². The van der Waals surface area contributed by atoms with E-state index in [0.29, 0.717) is 6.42 Å². The molecule has 7 heteroatoms. The fraction of sp³-hybridized carbons (Fsp3) is 0.667. The van der Waals surface area contributed by atoms with Gasteiger partial charge in [0.05, 0.1) is 12.2 Å². The van der Waals surface area contributed by atoms with Crippen LogP contribution in [0.5, 0.6) is 0 Å². The molecule has 4 atom stereocenters. The number of hydrogen-bond donors (Lipinski definition) is 2. The van der Waals surface area contributed by atoms with Crippen LogP contribution in [0.15, 0.2) is 17.1 Å². The van der Waals surface area contributed by atoms with Crippen molar-refractivity contribution in [3.8, 4) is 0 Å². The van der Waals surface area contributed by atoms with Crippen molar-refractivity contribution >= 4 is 5.82 Å². The number of ether oxygens (including phenoxy) is 1. The van der Waals surface area contributed by atoms with Crippen LogP contribution in [0.2, 0.25) is 0 Å². The van der Waals surface area contributed by atoms with Gasteiger partial charge in [0.2, 0.25) is 0 Å². The minimum atomic E-state index is -0.580. The lowest BCUT2D eigenvalue weighted by atomic mass is 9.98. The molecule has 2 rings (SSSR count). The second kappa shape index (κ2) is 5.28. The summed E-state index contributed by atoms with van der Waals surface area (Å²) in [4.78, 5) is 17.4. The number of rotatable bonds is 2. The lowest BCUT2D eigenvalue weighted by Gasteiger charge is -2.41. The van der Waals surface area contributed by atoms with Crippen LogP contribution >= 0.6 is 0 Å². The Hall–Kier alpha value is -1.44. The minimum absolute atomic E-state index is 0.0711. The molecule has 106 valence electrons. The summed E-state index contributed by atoms with van der Waals surface area (Å²) >= 11 is 0.